The van der Waals surface area contributed by atoms with Crippen molar-refractivity contribution < 1.29 is 14.3 Å². The Bertz CT molecular complexity index is 708. The summed E-state index contributed by atoms with van der Waals surface area (Å²) in [5, 5.41) is 10.7. The Morgan fingerprint density at radius 2 is 1.85 bits per heavy atom. The molecule has 2 aliphatic rings. The first-order chi connectivity index (χ1) is 12.2. The summed E-state index contributed by atoms with van der Waals surface area (Å²) in [5.41, 5.74) is 2.55. The molecule has 2 amide bonds. The van der Waals surface area contributed by atoms with Gasteiger partial charge in [0.05, 0.1) is 30.2 Å². The van der Waals surface area contributed by atoms with Crippen LogP contribution >= 0.6 is 0 Å². The molecule has 0 bridgehead atoms. The maximum absolute atomic E-state index is 12.7. The Kier molecular flexibility index (Phi) is 5.10. The van der Waals surface area contributed by atoms with Gasteiger partial charge in [0, 0.05) is 30.4 Å². The maximum Gasteiger partial charge on any atom is 0.230 e. The van der Waals surface area contributed by atoms with Crippen molar-refractivity contribution in [2.24, 2.45) is 12.5 Å². The summed E-state index contributed by atoms with van der Waals surface area (Å²) in [4.78, 5) is 25.0. The van der Waals surface area contributed by atoms with E-state index >= 15 is 0 Å². The number of nitrogens with one attached hydrogen (secondary N) is 2. The van der Waals surface area contributed by atoms with Crippen LogP contribution in [0.2, 0.25) is 0 Å². The lowest BCUT2D eigenvalue weighted by atomic mass is 9.87. The highest BCUT2D eigenvalue weighted by molar-refractivity contribution is 5.84. The van der Waals surface area contributed by atoms with Gasteiger partial charge in [-0.1, -0.05) is 0 Å². The average Bonchev–Trinajstić information content (AvgIpc) is 3.08. The number of carbonyl (C=O) groups excluding carboxylic acids is 2. The minimum Gasteiger partial charge on any atom is -0.379 e. The fraction of sp³-hybridized carbons (Fsp3) is 0.737. The van der Waals surface area contributed by atoms with Crippen molar-refractivity contribution >= 4 is 11.8 Å². The van der Waals surface area contributed by atoms with Crippen LogP contribution in [0.25, 0.3) is 0 Å². The van der Waals surface area contributed by atoms with Crippen molar-refractivity contribution in [1.29, 1.82) is 0 Å². The zero-order valence-corrected chi connectivity index (χ0v) is 16.4. The van der Waals surface area contributed by atoms with E-state index < -0.39 is 0 Å². The summed E-state index contributed by atoms with van der Waals surface area (Å²) in [6.45, 7) is 8.78. The van der Waals surface area contributed by atoms with Crippen LogP contribution in [0.15, 0.2) is 0 Å². The molecule has 1 aliphatic heterocycles. The Hall–Kier alpha value is -1.89. The second-order valence-electron chi connectivity index (χ2n) is 8.17. The predicted octanol–water partition coefficient (Wildman–Crippen LogP) is 1.33. The Labute approximate surface area is 154 Å². The quantitative estimate of drug-likeness (QED) is 0.828. The van der Waals surface area contributed by atoms with Crippen molar-refractivity contribution in [3.8, 4) is 0 Å². The molecule has 7 heteroatoms. The number of hydrogen-bond acceptors (Lipinski definition) is 4. The normalized spacial score (nSPS) is 25.4. The molecule has 1 unspecified atom stereocenters. The first-order valence-corrected chi connectivity index (χ1v) is 9.40. The third kappa shape index (κ3) is 3.49. The third-order valence-electron chi connectivity index (χ3n) is 5.89. The highest BCUT2D eigenvalue weighted by Gasteiger charge is 2.42. The molecular weight excluding hydrogens is 332 g/mol. The topological polar surface area (TPSA) is 85.3 Å². The standard InChI is InChI=1S/C19H30N4O3/c1-11(16-12(2)22-23(5)13(16)3)17(24)20-14-6-7-15(8-14)21-18(25)19(4)9-26-10-19/h11,14-15H,6-10H2,1-5H3,(H,20,24)(H,21,25)/t11?,14-,15+/m1/s1. The van der Waals surface area contributed by atoms with Crippen molar-refractivity contribution in [1.82, 2.24) is 20.4 Å². The Morgan fingerprint density at radius 1 is 1.23 bits per heavy atom. The monoisotopic (exact) mass is 362 g/mol. The van der Waals surface area contributed by atoms with E-state index in [4.69, 9.17) is 4.74 Å². The molecule has 144 valence electrons. The van der Waals surface area contributed by atoms with E-state index in [9.17, 15) is 9.59 Å². The minimum absolute atomic E-state index is 0.0283. The van der Waals surface area contributed by atoms with E-state index in [0.29, 0.717) is 13.2 Å². The van der Waals surface area contributed by atoms with E-state index in [-0.39, 0.29) is 35.2 Å². The molecule has 0 spiro atoms. The van der Waals surface area contributed by atoms with Crippen LogP contribution in [0, 0.1) is 19.3 Å². The summed E-state index contributed by atoms with van der Waals surface area (Å²) in [6, 6.07) is 0.236. The molecule has 2 heterocycles. The minimum atomic E-state index is -0.384. The number of aromatic nitrogens is 2. The molecule has 3 rings (SSSR count). The molecule has 2 fully saturated rings. The molecule has 1 aromatic heterocycles. The van der Waals surface area contributed by atoms with E-state index in [2.05, 4.69) is 15.7 Å². The lowest BCUT2D eigenvalue weighted by Gasteiger charge is -2.37. The molecule has 1 aromatic rings. The maximum atomic E-state index is 12.7. The zero-order chi connectivity index (χ0) is 19.1. The molecule has 26 heavy (non-hydrogen) atoms. The van der Waals surface area contributed by atoms with Crippen LogP contribution < -0.4 is 10.6 Å². The van der Waals surface area contributed by atoms with Crippen molar-refractivity contribution in [3.05, 3.63) is 17.0 Å². The summed E-state index contributed by atoms with van der Waals surface area (Å²) in [5.74, 6) is -0.139. The highest BCUT2D eigenvalue weighted by Crippen LogP contribution is 2.29. The van der Waals surface area contributed by atoms with Crippen LogP contribution in [0.3, 0.4) is 0 Å². The summed E-state index contributed by atoms with van der Waals surface area (Å²) in [7, 11) is 1.90. The molecular formula is C19H30N4O3. The van der Waals surface area contributed by atoms with Gasteiger partial charge in [0.15, 0.2) is 0 Å². The largest absolute Gasteiger partial charge is 0.379 e. The summed E-state index contributed by atoms with van der Waals surface area (Å²) in [6.07, 6.45) is 2.57. The van der Waals surface area contributed by atoms with Crippen LogP contribution in [0.5, 0.6) is 0 Å². The lowest BCUT2D eigenvalue weighted by molar-refractivity contribution is -0.158. The summed E-state index contributed by atoms with van der Waals surface area (Å²) < 4.78 is 6.98. The van der Waals surface area contributed by atoms with Gasteiger partial charge < -0.3 is 15.4 Å². The van der Waals surface area contributed by atoms with Gasteiger partial charge in [-0.15, -0.1) is 0 Å². The summed E-state index contributed by atoms with van der Waals surface area (Å²) >= 11 is 0. The van der Waals surface area contributed by atoms with Gasteiger partial charge >= 0.3 is 0 Å². The smallest absolute Gasteiger partial charge is 0.230 e. The Balaban J connectivity index is 1.53. The van der Waals surface area contributed by atoms with Crippen molar-refractivity contribution in [2.45, 2.75) is 65.0 Å². The fourth-order valence-electron chi connectivity index (χ4n) is 4.02. The molecule has 0 aromatic carbocycles. The Morgan fingerprint density at radius 3 is 2.35 bits per heavy atom. The first-order valence-electron chi connectivity index (χ1n) is 9.40. The van der Waals surface area contributed by atoms with Gasteiger partial charge in [-0.05, 0) is 47.0 Å². The second-order valence-corrected chi connectivity index (χ2v) is 8.17. The molecule has 1 saturated carbocycles. The van der Waals surface area contributed by atoms with Crippen molar-refractivity contribution in [2.75, 3.05) is 13.2 Å². The van der Waals surface area contributed by atoms with Crippen LogP contribution in [-0.4, -0.2) is 46.9 Å². The predicted molar refractivity (Wildman–Crippen MR) is 97.7 cm³/mol. The van der Waals surface area contributed by atoms with Crippen LogP contribution in [0.4, 0.5) is 0 Å². The molecule has 2 N–H and O–H groups in total. The van der Waals surface area contributed by atoms with Gasteiger partial charge in [0.25, 0.3) is 0 Å². The number of nitrogens with zero attached hydrogens (tertiary/aromatic N) is 2. The van der Waals surface area contributed by atoms with Gasteiger partial charge in [0.2, 0.25) is 11.8 Å². The number of ether oxygens (including phenoxy) is 1. The zero-order valence-electron chi connectivity index (χ0n) is 16.4. The SMILES string of the molecule is Cc1nn(C)c(C)c1C(C)C(=O)N[C@@H]1CC[C@H](NC(=O)C2(C)COC2)C1. The number of aryl methyl sites for hydroxylation is 2. The molecule has 0 radical (unpaired) electrons. The van der Waals surface area contributed by atoms with E-state index in [1.165, 1.54) is 0 Å². The number of rotatable bonds is 5. The van der Waals surface area contributed by atoms with Gasteiger partial charge in [-0.25, -0.2) is 0 Å². The molecule has 7 nitrogen and oxygen atoms in total. The van der Waals surface area contributed by atoms with Gasteiger partial charge in [0.1, 0.15) is 0 Å². The fourth-order valence-corrected chi connectivity index (χ4v) is 4.02. The molecule has 1 aliphatic carbocycles. The van der Waals surface area contributed by atoms with E-state index in [0.717, 1.165) is 36.2 Å². The molecule has 3 atom stereocenters. The lowest BCUT2D eigenvalue weighted by Crippen LogP contribution is -2.54. The average molecular weight is 362 g/mol. The van der Waals surface area contributed by atoms with Crippen LogP contribution in [0.1, 0.15) is 56.0 Å². The number of hydrogen-bond donors (Lipinski definition) is 2. The van der Waals surface area contributed by atoms with Gasteiger partial charge in [-0.3, -0.25) is 14.3 Å². The number of carbonyl (C=O) groups is 2. The van der Waals surface area contributed by atoms with E-state index in [1.807, 2.05) is 39.4 Å². The van der Waals surface area contributed by atoms with Crippen molar-refractivity contribution in [3.63, 3.8) is 0 Å². The van der Waals surface area contributed by atoms with Crippen LogP contribution in [-0.2, 0) is 21.4 Å². The third-order valence-corrected chi connectivity index (χ3v) is 5.89. The number of amides is 2. The first kappa shape index (κ1) is 18.9. The molecule has 1 saturated heterocycles. The van der Waals surface area contributed by atoms with E-state index in [1.54, 1.807) is 0 Å². The second kappa shape index (κ2) is 7.02. The van der Waals surface area contributed by atoms with Gasteiger partial charge in [-0.2, -0.15) is 5.10 Å². The highest BCUT2D eigenvalue weighted by atomic mass is 16.5.